The van der Waals surface area contributed by atoms with E-state index >= 15 is 0 Å². The van der Waals surface area contributed by atoms with Crippen LogP contribution in [0.3, 0.4) is 0 Å². The predicted octanol–water partition coefficient (Wildman–Crippen LogP) is 1.94. The second-order valence-corrected chi connectivity index (χ2v) is 3.30. The van der Waals surface area contributed by atoms with Crippen LogP contribution in [0.2, 0.25) is 0 Å². The van der Waals surface area contributed by atoms with E-state index in [1.807, 2.05) is 18.2 Å². The van der Waals surface area contributed by atoms with Crippen molar-refractivity contribution >= 4 is 16.9 Å². The Bertz CT molecular complexity index is 453. The number of hydrogen-bond donors (Lipinski definition) is 2. The van der Waals surface area contributed by atoms with Gasteiger partial charge in [-0.15, -0.1) is 0 Å². The van der Waals surface area contributed by atoms with Crippen molar-refractivity contribution in [2.45, 2.75) is 12.5 Å². The van der Waals surface area contributed by atoms with Gasteiger partial charge in [0.2, 0.25) is 0 Å². The lowest BCUT2D eigenvalue weighted by atomic mass is 10.2. The van der Waals surface area contributed by atoms with E-state index in [9.17, 15) is 9.90 Å². The van der Waals surface area contributed by atoms with E-state index < -0.39 is 12.1 Å². The molecule has 0 bridgehead atoms. The van der Waals surface area contributed by atoms with Gasteiger partial charge in [0.1, 0.15) is 17.4 Å². The molecule has 2 aromatic rings. The number of carboxylic acids is 1. The van der Waals surface area contributed by atoms with E-state index in [1.165, 1.54) is 0 Å². The number of aliphatic hydroxyl groups is 1. The summed E-state index contributed by atoms with van der Waals surface area (Å²) in [6.07, 6.45) is -1.44. The Morgan fingerprint density at radius 2 is 2.13 bits per heavy atom. The number of carboxylic acid groups (broad SMARTS) is 1. The lowest BCUT2D eigenvalue weighted by Gasteiger charge is -2.02. The molecule has 0 saturated carbocycles. The third-order valence-corrected chi connectivity index (χ3v) is 2.14. The third-order valence-electron chi connectivity index (χ3n) is 2.14. The highest BCUT2D eigenvalue weighted by Gasteiger charge is 2.16. The summed E-state index contributed by atoms with van der Waals surface area (Å²) in [4.78, 5) is 10.4. The van der Waals surface area contributed by atoms with Crippen LogP contribution in [0.25, 0.3) is 11.0 Å². The Kier molecular flexibility index (Phi) is 2.43. The quantitative estimate of drug-likeness (QED) is 0.805. The topological polar surface area (TPSA) is 70.7 Å². The lowest BCUT2D eigenvalue weighted by Crippen LogP contribution is -2.04. The lowest BCUT2D eigenvalue weighted by molar-refractivity contribution is -0.139. The smallest absolute Gasteiger partial charge is 0.306 e. The molecule has 0 aliphatic carbocycles. The van der Waals surface area contributed by atoms with Gasteiger partial charge in [0.05, 0.1) is 6.42 Å². The Labute approximate surface area is 85.8 Å². The number of benzene rings is 1. The fourth-order valence-electron chi connectivity index (χ4n) is 1.43. The van der Waals surface area contributed by atoms with Gasteiger partial charge < -0.3 is 14.6 Å². The number of aliphatic hydroxyl groups excluding tert-OH is 1. The highest BCUT2D eigenvalue weighted by Crippen LogP contribution is 2.25. The first kappa shape index (κ1) is 9.73. The van der Waals surface area contributed by atoms with Crippen LogP contribution in [0.5, 0.6) is 0 Å². The fraction of sp³-hybridized carbons (Fsp3) is 0.182. The van der Waals surface area contributed by atoms with Crippen LogP contribution in [0, 0.1) is 0 Å². The largest absolute Gasteiger partial charge is 0.481 e. The third kappa shape index (κ3) is 1.99. The van der Waals surface area contributed by atoms with Gasteiger partial charge in [-0.05, 0) is 12.1 Å². The summed E-state index contributed by atoms with van der Waals surface area (Å²) in [5.74, 6) is -0.762. The molecule has 1 aromatic carbocycles. The number of para-hydroxylation sites is 1. The van der Waals surface area contributed by atoms with Crippen LogP contribution >= 0.6 is 0 Å². The van der Waals surface area contributed by atoms with Crippen molar-refractivity contribution in [3.63, 3.8) is 0 Å². The number of carbonyl (C=O) groups is 1. The van der Waals surface area contributed by atoms with Crippen molar-refractivity contribution in [3.05, 3.63) is 36.1 Å². The molecule has 1 aromatic heterocycles. The maximum Gasteiger partial charge on any atom is 0.306 e. The Morgan fingerprint density at radius 1 is 1.40 bits per heavy atom. The van der Waals surface area contributed by atoms with Gasteiger partial charge in [-0.25, -0.2) is 0 Å². The molecule has 0 radical (unpaired) electrons. The summed E-state index contributed by atoms with van der Waals surface area (Å²) in [6, 6.07) is 8.94. The molecule has 4 heteroatoms. The van der Waals surface area contributed by atoms with Gasteiger partial charge in [0.25, 0.3) is 0 Å². The van der Waals surface area contributed by atoms with Crippen molar-refractivity contribution in [1.82, 2.24) is 0 Å². The summed E-state index contributed by atoms with van der Waals surface area (Å²) in [5, 5.41) is 18.9. The molecular formula is C11H10O4. The zero-order chi connectivity index (χ0) is 10.8. The number of hydrogen-bond acceptors (Lipinski definition) is 3. The molecule has 0 saturated heterocycles. The van der Waals surface area contributed by atoms with Gasteiger partial charge in [-0.2, -0.15) is 0 Å². The molecule has 15 heavy (non-hydrogen) atoms. The van der Waals surface area contributed by atoms with Crippen molar-refractivity contribution in [2.75, 3.05) is 0 Å². The summed E-state index contributed by atoms with van der Waals surface area (Å²) < 4.78 is 5.32. The summed E-state index contributed by atoms with van der Waals surface area (Å²) in [7, 11) is 0. The van der Waals surface area contributed by atoms with E-state index in [4.69, 9.17) is 9.52 Å². The first-order chi connectivity index (χ1) is 7.16. The molecule has 2 N–H and O–H groups in total. The highest BCUT2D eigenvalue weighted by molar-refractivity contribution is 5.78. The second-order valence-electron chi connectivity index (χ2n) is 3.30. The summed E-state index contributed by atoms with van der Waals surface area (Å²) in [6.45, 7) is 0. The average molecular weight is 206 g/mol. The first-order valence-electron chi connectivity index (χ1n) is 4.55. The van der Waals surface area contributed by atoms with E-state index in [2.05, 4.69) is 0 Å². The Morgan fingerprint density at radius 3 is 2.80 bits per heavy atom. The van der Waals surface area contributed by atoms with Crippen LogP contribution in [-0.4, -0.2) is 16.2 Å². The molecule has 1 heterocycles. The van der Waals surface area contributed by atoms with Crippen molar-refractivity contribution in [3.8, 4) is 0 Å². The Hall–Kier alpha value is -1.81. The molecular weight excluding hydrogens is 196 g/mol. The monoisotopic (exact) mass is 206 g/mol. The van der Waals surface area contributed by atoms with Crippen LogP contribution in [0.1, 0.15) is 18.3 Å². The molecule has 2 rings (SSSR count). The average Bonchev–Trinajstić information content (AvgIpc) is 2.59. The molecule has 78 valence electrons. The van der Waals surface area contributed by atoms with Gasteiger partial charge in [0.15, 0.2) is 0 Å². The highest BCUT2D eigenvalue weighted by atomic mass is 16.4. The van der Waals surface area contributed by atoms with Crippen LogP contribution in [0.4, 0.5) is 0 Å². The molecule has 0 aliphatic rings. The molecule has 0 fully saturated rings. The minimum atomic E-state index is -1.09. The zero-order valence-corrected chi connectivity index (χ0v) is 7.88. The number of aliphatic carboxylic acids is 1. The van der Waals surface area contributed by atoms with Crippen molar-refractivity contribution in [1.29, 1.82) is 0 Å². The number of furan rings is 1. The SMILES string of the molecule is O=C(O)C[C@H](O)c1cc2ccccc2o1. The van der Waals surface area contributed by atoms with Gasteiger partial charge >= 0.3 is 5.97 Å². The van der Waals surface area contributed by atoms with Gasteiger partial charge in [-0.3, -0.25) is 4.79 Å². The molecule has 0 unspecified atom stereocenters. The van der Waals surface area contributed by atoms with Crippen LogP contribution < -0.4 is 0 Å². The van der Waals surface area contributed by atoms with E-state index in [-0.39, 0.29) is 6.42 Å². The van der Waals surface area contributed by atoms with Gasteiger partial charge in [-0.1, -0.05) is 18.2 Å². The zero-order valence-electron chi connectivity index (χ0n) is 7.88. The van der Waals surface area contributed by atoms with Crippen LogP contribution in [0.15, 0.2) is 34.7 Å². The fourth-order valence-corrected chi connectivity index (χ4v) is 1.43. The van der Waals surface area contributed by atoms with Crippen molar-refractivity contribution in [2.24, 2.45) is 0 Å². The van der Waals surface area contributed by atoms with Crippen molar-refractivity contribution < 1.29 is 19.4 Å². The molecule has 0 spiro atoms. The Balaban J connectivity index is 2.32. The predicted molar refractivity (Wildman–Crippen MR) is 53.4 cm³/mol. The molecule has 0 aliphatic heterocycles. The van der Waals surface area contributed by atoms with Gasteiger partial charge in [0, 0.05) is 5.39 Å². The number of rotatable bonds is 3. The molecule has 0 amide bonds. The second kappa shape index (κ2) is 3.74. The minimum Gasteiger partial charge on any atom is -0.481 e. The first-order valence-corrected chi connectivity index (χ1v) is 4.55. The van der Waals surface area contributed by atoms with E-state index in [0.717, 1.165) is 5.39 Å². The standard InChI is InChI=1S/C11H10O4/c12-8(6-11(13)14)10-5-7-3-1-2-4-9(7)15-10/h1-5,8,12H,6H2,(H,13,14)/t8-/m0/s1. The van der Waals surface area contributed by atoms with E-state index in [0.29, 0.717) is 11.3 Å². The van der Waals surface area contributed by atoms with E-state index in [1.54, 1.807) is 12.1 Å². The molecule has 1 atom stereocenters. The maximum absolute atomic E-state index is 10.4. The number of fused-ring (bicyclic) bond motifs is 1. The summed E-state index contributed by atoms with van der Waals surface area (Å²) >= 11 is 0. The van der Waals surface area contributed by atoms with Crippen LogP contribution in [-0.2, 0) is 4.79 Å². The maximum atomic E-state index is 10.4. The summed E-state index contributed by atoms with van der Waals surface area (Å²) in [5.41, 5.74) is 0.650. The normalized spacial score (nSPS) is 12.9. The minimum absolute atomic E-state index is 0.290. The molecule has 4 nitrogen and oxygen atoms in total.